The van der Waals surface area contributed by atoms with Crippen molar-refractivity contribution in [1.82, 2.24) is 5.32 Å². The monoisotopic (exact) mass is 364 g/mol. The van der Waals surface area contributed by atoms with Crippen molar-refractivity contribution in [1.29, 1.82) is 0 Å². The van der Waals surface area contributed by atoms with Gasteiger partial charge in [-0.2, -0.15) is 0 Å². The van der Waals surface area contributed by atoms with Crippen molar-refractivity contribution in [3.8, 4) is 0 Å². The summed E-state index contributed by atoms with van der Waals surface area (Å²) in [5, 5.41) is 5.16. The number of nitrogens with one attached hydrogen (secondary N) is 2. The fourth-order valence-electron chi connectivity index (χ4n) is 2.28. The summed E-state index contributed by atoms with van der Waals surface area (Å²) in [6.45, 7) is 1.44. The van der Waals surface area contributed by atoms with Crippen molar-refractivity contribution in [2.24, 2.45) is 0 Å². The Labute approximate surface area is 154 Å². The lowest BCUT2D eigenvalue weighted by molar-refractivity contribution is -0.113. The fourth-order valence-corrected chi connectivity index (χ4v) is 2.28. The Balaban J connectivity index is 1.83. The predicted octanol–water partition coefficient (Wildman–Crippen LogP) is 3.48. The summed E-state index contributed by atoms with van der Waals surface area (Å²) in [5.74, 6) is -0.829. The van der Waals surface area contributed by atoms with Gasteiger partial charge in [0.2, 0.25) is 0 Å². The predicted molar refractivity (Wildman–Crippen MR) is 97.9 cm³/mol. The normalized spacial score (nSPS) is 11.1. The van der Waals surface area contributed by atoms with Crippen LogP contribution in [0.1, 0.15) is 33.6 Å². The quantitative estimate of drug-likeness (QED) is 0.515. The van der Waals surface area contributed by atoms with Gasteiger partial charge in [0, 0.05) is 17.3 Å². The number of carbonyl (C=O) groups is 3. The lowest BCUT2D eigenvalue weighted by atomic mass is 10.1. The fraction of sp³-hybridized carbons (Fsp3) is 0.0500. The lowest BCUT2D eigenvalue weighted by Gasteiger charge is -2.10. The van der Waals surface area contributed by atoms with E-state index in [2.05, 4.69) is 10.6 Å². The number of rotatable bonds is 6. The minimum atomic E-state index is -0.578. The van der Waals surface area contributed by atoms with Crippen molar-refractivity contribution in [2.45, 2.75) is 6.92 Å². The van der Waals surface area contributed by atoms with Crippen LogP contribution in [0, 0.1) is 0 Å². The molecule has 1 aromatic carbocycles. The zero-order chi connectivity index (χ0) is 19.2. The van der Waals surface area contributed by atoms with Crippen molar-refractivity contribution in [2.75, 3.05) is 5.32 Å². The van der Waals surface area contributed by atoms with E-state index in [1.54, 1.807) is 42.5 Å². The zero-order valence-corrected chi connectivity index (χ0v) is 14.4. The summed E-state index contributed by atoms with van der Waals surface area (Å²) in [5.41, 5.74) is 0.842. The Kier molecular flexibility index (Phi) is 5.32. The summed E-state index contributed by atoms with van der Waals surface area (Å²) in [7, 11) is 0. The molecule has 0 bridgehead atoms. The highest BCUT2D eigenvalue weighted by Crippen LogP contribution is 2.14. The van der Waals surface area contributed by atoms with E-state index >= 15 is 0 Å². The van der Waals surface area contributed by atoms with Gasteiger partial charge in [-0.15, -0.1) is 0 Å². The molecule has 0 aliphatic heterocycles. The van der Waals surface area contributed by atoms with Gasteiger partial charge in [0.25, 0.3) is 11.8 Å². The molecule has 2 N–H and O–H groups in total. The Hall–Kier alpha value is -3.87. The van der Waals surface area contributed by atoms with Crippen LogP contribution in [0.4, 0.5) is 5.69 Å². The molecule has 0 radical (unpaired) electrons. The molecule has 3 rings (SSSR count). The number of Topliss-reactive ketones (excluding diaryl/α,β-unsaturated/α-hetero) is 1. The third-order valence-electron chi connectivity index (χ3n) is 3.59. The molecule has 0 saturated carbocycles. The van der Waals surface area contributed by atoms with Crippen LogP contribution in [0.25, 0.3) is 6.08 Å². The van der Waals surface area contributed by atoms with Gasteiger partial charge in [-0.05, 0) is 43.3 Å². The Morgan fingerprint density at radius 3 is 2.41 bits per heavy atom. The molecule has 7 heteroatoms. The highest BCUT2D eigenvalue weighted by molar-refractivity contribution is 6.10. The first-order valence-electron chi connectivity index (χ1n) is 8.05. The minimum absolute atomic E-state index is 0.0421. The van der Waals surface area contributed by atoms with Gasteiger partial charge in [-0.25, -0.2) is 0 Å². The lowest BCUT2D eigenvalue weighted by Crippen LogP contribution is -2.30. The molecular weight excluding hydrogens is 348 g/mol. The van der Waals surface area contributed by atoms with Gasteiger partial charge >= 0.3 is 0 Å². The highest BCUT2D eigenvalue weighted by Gasteiger charge is 2.17. The van der Waals surface area contributed by atoms with E-state index in [0.717, 1.165) is 0 Å². The van der Waals surface area contributed by atoms with Crippen LogP contribution in [0.3, 0.4) is 0 Å². The highest BCUT2D eigenvalue weighted by atomic mass is 16.3. The Morgan fingerprint density at radius 1 is 0.963 bits per heavy atom. The van der Waals surface area contributed by atoms with Gasteiger partial charge in [-0.3, -0.25) is 14.4 Å². The van der Waals surface area contributed by atoms with E-state index in [1.165, 1.54) is 31.6 Å². The first-order chi connectivity index (χ1) is 13.0. The molecule has 0 aliphatic rings. The maximum absolute atomic E-state index is 12.7. The maximum atomic E-state index is 12.7. The second-order valence-corrected chi connectivity index (χ2v) is 5.60. The zero-order valence-electron chi connectivity index (χ0n) is 14.4. The van der Waals surface area contributed by atoms with Crippen LogP contribution in [0.15, 0.2) is 75.6 Å². The molecule has 136 valence electrons. The van der Waals surface area contributed by atoms with Crippen molar-refractivity contribution in [3.05, 3.63) is 83.8 Å². The summed E-state index contributed by atoms with van der Waals surface area (Å²) in [4.78, 5) is 36.4. The largest absolute Gasteiger partial charge is 0.465 e. The van der Waals surface area contributed by atoms with Crippen LogP contribution >= 0.6 is 0 Å². The second kappa shape index (κ2) is 8.01. The van der Waals surface area contributed by atoms with E-state index in [-0.39, 0.29) is 17.2 Å². The summed E-state index contributed by atoms with van der Waals surface area (Å²) < 4.78 is 10.3. The number of amides is 2. The van der Waals surface area contributed by atoms with E-state index in [4.69, 9.17) is 8.83 Å². The second-order valence-electron chi connectivity index (χ2n) is 5.60. The molecule has 27 heavy (non-hydrogen) atoms. The molecule has 0 atom stereocenters. The summed E-state index contributed by atoms with van der Waals surface area (Å²) in [6, 6.07) is 12.9. The number of furan rings is 2. The number of benzene rings is 1. The van der Waals surface area contributed by atoms with Gasteiger partial charge < -0.3 is 19.5 Å². The maximum Gasteiger partial charge on any atom is 0.291 e. The molecule has 3 aromatic rings. The Bertz CT molecular complexity index is 985. The summed E-state index contributed by atoms with van der Waals surface area (Å²) >= 11 is 0. The molecule has 2 heterocycles. The topological polar surface area (TPSA) is 102 Å². The van der Waals surface area contributed by atoms with Crippen LogP contribution in [0.5, 0.6) is 0 Å². The van der Waals surface area contributed by atoms with Crippen molar-refractivity contribution >= 4 is 29.4 Å². The molecular formula is C20H16N2O5. The van der Waals surface area contributed by atoms with Gasteiger partial charge in [0.1, 0.15) is 11.5 Å². The number of anilines is 1. The average molecular weight is 364 g/mol. The van der Waals surface area contributed by atoms with Gasteiger partial charge in [-0.1, -0.05) is 12.1 Å². The average Bonchev–Trinajstić information content (AvgIpc) is 3.35. The standard InChI is InChI=1S/C20H16N2O5/c1-13(23)14-5-2-6-15(11-14)21-19(24)17(12-16-7-3-9-26-16)22-20(25)18-8-4-10-27-18/h2-12H,1H3,(H,21,24)(H,22,25)/b17-12+. The number of hydrogen-bond donors (Lipinski definition) is 2. The van der Waals surface area contributed by atoms with Crippen LogP contribution in [-0.2, 0) is 4.79 Å². The van der Waals surface area contributed by atoms with Crippen LogP contribution < -0.4 is 10.6 Å². The smallest absolute Gasteiger partial charge is 0.291 e. The van der Waals surface area contributed by atoms with Crippen molar-refractivity contribution < 1.29 is 23.2 Å². The van der Waals surface area contributed by atoms with Crippen molar-refractivity contribution in [3.63, 3.8) is 0 Å². The third kappa shape index (κ3) is 4.60. The first-order valence-corrected chi connectivity index (χ1v) is 8.05. The van der Waals surface area contributed by atoms with E-state index in [9.17, 15) is 14.4 Å². The number of hydrogen-bond acceptors (Lipinski definition) is 5. The van der Waals surface area contributed by atoms with Gasteiger partial charge in [0.05, 0.1) is 12.5 Å². The summed E-state index contributed by atoms with van der Waals surface area (Å²) in [6.07, 6.45) is 4.20. The first kappa shape index (κ1) is 17.9. The van der Waals surface area contributed by atoms with E-state index in [1.807, 2.05) is 0 Å². The molecule has 2 amide bonds. The molecule has 0 spiro atoms. The molecule has 0 aliphatic carbocycles. The SMILES string of the molecule is CC(=O)c1cccc(NC(=O)/C(=C\c2ccco2)NC(=O)c2ccco2)c1. The van der Waals surface area contributed by atoms with Gasteiger partial charge in [0.15, 0.2) is 11.5 Å². The number of carbonyl (C=O) groups excluding carboxylic acids is 3. The van der Waals surface area contributed by atoms with Crippen LogP contribution in [0.2, 0.25) is 0 Å². The van der Waals surface area contributed by atoms with Crippen LogP contribution in [-0.4, -0.2) is 17.6 Å². The molecule has 2 aromatic heterocycles. The minimum Gasteiger partial charge on any atom is -0.465 e. The molecule has 0 fully saturated rings. The third-order valence-corrected chi connectivity index (χ3v) is 3.59. The molecule has 7 nitrogen and oxygen atoms in total. The number of ketones is 1. The molecule has 0 saturated heterocycles. The van der Waals surface area contributed by atoms with E-state index < -0.39 is 11.8 Å². The molecule has 0 unspecified atom stereocenters. The van der Waals surface area contributed by atoms with E-state index in [0.29, 0.717) is 17.0 Å². The Morgan fingerprint density at radius 2 is 1.74 bits per heavy atom.